The molecule has 1 aliphatic heterocycles. The summed E-state index contributed by atoms with van der Waals surface area (Å²) in [7, 11) is 0. The van der Waals surface area contributed by atoms with Gasteiger partial charge in [-0.3, -0.25) is 9.78 Å². The van der Waals surface area contributed by atoms with Crippen molar-refractivity contribution in [3.05, 3.63) is 82.7 Å². The van der Waals surface area contributed by atoms with Crippen LogP contribution in [0.4, 0.5) is 30.7 Å². The molecule has 1 amide bonds. The molecule has 1 unspecified atom stereocenters. The molecule has 212 valence electrons. The van der Waals surface area contributed by atoms with Crippen molar-refractivity contribution in [1.82, 2.24) is 19.9 Å². The topological polar surface area (TPSA) is 80.6 Å². The number of alkyl halides is 5. The molecule has 3 aromatic rings. The Morgan fingerprint density at radius 2 is 1.88 bits per heavy atom. The van der Waals surface area contributed by atoms with Crippen LogP contribution >= 0.6 is 0 Å². The van der Waals surface area contributed by atoms with E-state index in [1.54, 1.807) is 0 Å². The first-order chi connectivity index (χ1) is 18.8. The molecule has 0 spiro atoms. The fourth-order valence-electron chi connectivity index (χ4n) is 4.28. The van der Waals surface area contributed by atoms with Gasteiger partial charge in [0.05, 0.1) is 30.3 Å². The monoisotopic (exact) mass is 569 g/mol. The fourth-order valence-corrected chi connectivity index (χ4v) is 4.28. The zero-order valence-electron chi connectivity index (χ0n) is 21.1. The Bertz CT molecular complexity index is 1420. The summed E-state index contributed by atoms with van der Waals surface area (Å²) < 4.78 is 97.6. The van der Waals surface area contributed by atoms with Gasteiger partial charge in [0.25, 0.3) is 5.92 Å². The zero-order chi connectivity index (χ0) is 29.2. The van der Waals surface area contributed by atoms with Gasteiger partial charge in [-0.25, -0.2) is 27.5 Å². The number of carbonyl (C=O) groups is 1. The van der Waals surface area contributed by atoms with Crippen LogP contribution in [0.2, 0.25) is 0 Å². The van der Waals surface area contributed by atoms with Crippen LogP contribution in [-0.4, -0.2) is 50.5 Å². The number of hydrogen-bond acceptors (Lipinski definition) is 6. The minimum atomic E-state index is -4.71. The van der Waals surface area contributed by atoms with Gasteiger partial charge < -0.3 is 9.74 Å². The second-order valence-corrected chi connectivity index (χ2v) is 9.15. The number of pyridine rings is 1. The lowest BCUT2D eigenvalue weighted by Gasteiger charge is -2.38. The summed E-state index contributed by atoms with van der Waals surface area (Å²) in [6.07, 6.45) is -3.52. The van der Waals surface area contributed by atoms with Gasteiger partial charge in [0.15, 0.2) is 5.75 Å². The molecule has 0 bridgehead atoms. The lowest BCUT2D eigenvalue weighted by molar-refractivity contribution is -0.143. The van der Waals surface area contributed by atoms with Gasteiger partial charge in [0.2, 0.25) is 5.91 Å². The van der Waals surface area contributed by atoms with Gasteiger partial charge in [0, 0.05) is 42.2 Å². The molecular weight excluding hydrogens is 547 g/mol. The van der Waals surface area contributed by atoms with Gasteiger partial charge in [0.1, 0.15) is 23.2 Å². The third kappa shape index (κ3) is 6.37. The lowest BCUT2D eigenvalue weighted by Crippen LogP contribution is -2.50. The molecule has 1 fully saturated rings. The van der Waals surface area contributed by atoms with Gasteiger partial charge in [-0.2, -0.15) is 13.2 Å². The third-order valence-electron chi connectivity index (χ3n) is 6.31. The van der Waals surface area contributed by atoms with Crippen molar-refractivity contribution in [3.63, 3.8) is 0 Å². The summed E-state index contributed by atoms with van der Waals surface area (Å²) in [5.41, 5.74) is -1.69. The summed E-state index contributed by atoms with van der Waals surface area (Å²) >= 11 is 0. The highest BCUT2D eigenvalue weighted by Crippen LogP contribution is 2.41. The van der Waals surface area contributed by atoms with Gasteiger partial charge in [-0.1, -0.05) is 11.2 Å². The van der Waals surface area contributed by atoms with E-state index in [9.17, 15) is 26.7 Å². The van der Waals surface area contributed by atoms with E-state index in [2.05, 4.69) is 20.1 Å². The van der Waals surface area contributed by atoms with Crippen molar-refractivity contribution in [2.24, 2.45) is 5.16 Å². The summed E-state index contributed by atoms with van der Waals surface area (Å²) in [6.45, 7) is 1.73. The summed E-state index contributed by atoms with van der Waals surface area (Å²) in [4.78, 5) is 30.0. The Balaban J connectivity index is 1.55. The Morgan fingerprint density at radius 1 is 1.18 bits per heavy atom. The Morgan fingerprint density at radius 3 is 2.52 bits per heavy atom. The number of halogens is 7. The molecule has 1 aliphatic rings. The zero-order valence-corrected chi connectivity index (χ0v) is 21.1. The highest BCUT2D eigenvalue weighted by atomic mass is 19.4. The highest BCUT2D eigenvalue weighted by molar-refractivity contribution is 5.99. The molecule has 14 heteroatoms. The Kier molecular flexibility index (Phi) is 8.08. The van der Waals surface area contributed by atoms with E-state index in [1.165, 1.54) is 20.0 Å². The van der Waals surface area contributed by atoms with Crippen LogP contribution in [0.3, 0.4) is 0 Å². The number of aromatic nitrogens is 3. The maximum absolute atomic E-state index is 15.5. The number of benzene rings is 1. The minimum Gasteiger partial charge on any atom is -0.357 e. The molecule has 40 heavy (non-hydrogen) atoms. The van der Waals surface area contributed by atoms with Crippen molar-refractivity contribution in [3.8, 4) is 5.75 Å². The molecule has 0 N–H and O–H groups in total. The van der Waals surface area contributed by atoms with Crippen LogP contribution in [0.5, 0.6) is 5.75 Å². The number of amides is 1. The standard InChI is InChI=1S/C26H22F7N5O2/c1-14(37-40-16-6-8-34-22(10-16)26(31,32)33)18-12-35-15(2)36-24(18)19-7-9-38(13-25(19,29)30)23(39)11-17-20(27)4-3-5-21(17)28/h3-6,8,10,12,19H,7,9,11,13H2,1-2H3/b37-14+. The number of nitrogens with zero attached hydrogens (tertiary/aromatic N) is 5. The number of piperidine rings is 1. The van der Waals surface area contributed by atoms with Gasteiger partial charge >= 0.3 is 6.18 Å². The molecule has 1 saturated heterocycles. The minimum absolute atomic E-state index is 0.0182. The maximum atomic E-state index is 15.5. The number of hydrogen-bond donors (Lipinski definition) is 0. The van der Waals surface area contributed by atoms with Crippen molar-refractivity contribution in [1.29, 1.82) is 0 Å². The second kappa shape index (κ2) is 11.2. The van der Waals surface area contributed by atoms with Crippen LogP contribution in [0.15, 0.2) is 47.9 Å². The lowest BCUT2D eigenvalue weighted by atomic mass is 9.86. The number of carbonyl (C=O) groups excluding carboxylic acids is 1. The van der Waals surface area contributed by atoms with Crippen molar-refractivity contribution < 1.29 is 40.4 Å². The average molecular weight is 569 g/mol. The Labute approximate surface area is 223 Å². The van der Waals surface area contributed by atoms with Crippen LogP contribution < -0.4 is 4.84 Å². The molecule has 0 saturated carbocycles. The molecule has 3 heterocycles. The number of likely N-dealkylation sites (tertiary alicyclic amines) is 1. The van der Waals surface area contributed by atoms with E-state index >= 15 is 8.78 Å². The molecule has 0 aliphatic carbocycles. The van der Waals surface area contributed by atoms with E-state index in [0.717, 1.165) is 35.4 Å². The summed E-state index contributed by atoms with van der Waals surface area (Å²) in [5.74, 6) is -7.83. The summed E-state index contributed by atoms with van der Waals surface area (Å²) in [5, 5.41) is 3.79. The van der Waals surface area contributed by atoms with E-state index in [4.69, 9.17) is 4.84 Å². The van der Waals surface area contributed by atoms with Crippen LogP contribution in [0, 0.1) is 18.6 Å². The quantitative estimate of drug-likeness (QED) is 0.223. The smallest absolute Gasteiger partial charge is 0.357 e. The van der Waals surface area contributed by atoms with Crippen molar-refractivity contribution in [2.75, 3.05) is 13.1 Å². The predicted molar refractivity (Wildman–Crippen MR) is 128 cm³/mol. The van der Waals surface area contributed by atoms with E-state index in [0.29, 0.717) is 6.07 Å². The van der Waals surface area contributed by atoms with E-state index in [1.807, 2.05) is 0 Å². The first-order valence-corrected chi connectivity index (χ1v) is 11.9. The molecule has 2 aromatic heterocycles. The fraction of sp³-hybridized carbons (Fsp3) is 0.346. The molecule has 0 radical (unpaired) electrons. The number of rotatable bonds is 6. The van der Waals surface area contributed by atoms with E-state index < -0.39 is 59.8 Å². The average Bonchev–Trinajstić information content (AvgIpc) is 2.88. The maximum Gasteiger partial charge on any atom is 0.433 e. The summed E-state index contributed by atoms with van der Waals surface area (Å²) in [6, 6.07) is 4.86. The largest absolute Gasteiger partial charge is 0.433 e. The molecule has 4 rings (SSSR count). The normalized spacial score (nSPS) is 17.6. The van der Waals surface area contributed by atoms with Gasteiger partial charge in [-0.05, 0) is 32.4 Å². The first-order valence-electron chi connectivity index (χ1n) is 11.9. The Hall–Kier alpha value is -4.10. The van der Waals surface area contributed by atoms with Crippen LogP contribution in [-0.2, 0) is 17.4 Å². The van der Waals surface area contributed by atoms with E-state index in [-0.39, 0.29) is 41.5 Å². The second-order valence-electron chi connectivity index (χ2n) is 9.15. The third-order valence-corrected chi connectivity index (χ3v) is 6.31. The SMILES string of the molecule is C/C(=N\Oc1ccnc(C(F)(F)F)c1)c1cnc(C)nc1C1CCN(C(=O)Cc2c(F)cccc2F)CC1(F)F. The number of aryl methyl sites for hydroxylation is 1. The first kappa shape index (κ1) is 28.9. The number of oxime groups is 1. The molecular formula is C26H22F7N5O2. The van der Waals surface area contributed by atoms with Crippen molar-refractivity contribution >= 4 is 11.6 Å². The molecule has 1 atom stereocenters. The van der Waals surface area contributed by atoms with Crippen molar-refractivity contribution in [2.45, 2.75) is 44.7 Å². The predicted octanol–water partition coefficient (Wildman–Crippen LogP) is 5.47. The highest BCUT2D eigenvalue weighted by Gasteiger charge is 2.48. The van der Waals surface area contributed by atoms with Crippen LogP contribution in [0.25, 0.3) is 0 Å². The molecule has 1 aromatic carbocycles. The molecule has 7 nitrogen and oxygen atoms in total. The van der Waals surface area contributed by atoms with Crippen LogP contribution in [0.1, 0.15) is 47.6 Å². The van der Waals surface area contributed by atoms with Gasteiger partial charge in [-0.15, -0.1) is 0 Å².